The second-order valence-electron chi connectivity index (χ2n) is 4.12. The molecule has 0 radical (unpaired) electrons. The van der Waals surface area contributed by atoms with E-state index in [0.29, 0.717) is 15.6 Å². The van der Waals surface area contributed by atoms with Crippen molar-refractivity contribution >= 4 is 34.9 Å². The summed E-state index contributed by atoms with van der Waals surface area (Å²) in [6.45, 7) is 0.147. The van der Waals surface area contributed by atoms with Gasteiger partial charge in [-0.05, 0) is 29.8 Å². The highest BCUT2D eigenvalue weighted by atomic mass is 35.5. The van der Waals surface area contributed by atoms with E-state index >= 15 is 0 Å². The number of rotatable bonds is 4. The largest absolute Gasteiger partial charge is 0.457 e. The number of hydrogen-bond acceptors (Lipinski definition) is 3. The average Bonchev–Trinajstić information content (AvgIpc) is 2.48. The Hall–Kier alpha value is -1.71. The highest BCUT2D eigenvalue weighted by Crippen LogP contribution is 2.23. The monoisotopic (exact) mass is 309 g/mol. The van der Waals surface area contributed by atoms with Gasteiger partial charge >= 0.3 is 5.97 Å². The normalized spacial score (nSPS) is 10.2. The lowest BCUT2D eigenvalue weighted by molar-refractivity contribution is 0.0474. The van der Waals surface area contributed by atoms with Crippen LogP contribution in [0.3, 0.4) is 0 Å². The number of para-hydroxylation sites is 1. The molecular formula is C15H13Cl2NO2. The van der Waals surface area contributed by atoms with Gasteiger partial charge in [-0.15, -0.1) is 0 Å². The molecule has 0 aliphatic rings. The molecule has 0 saturated heterocycles. The number of nitrogens with one attached hydrogen (secondary N) is 1. The number of carbonyl (C=O) groups excluding carboxylic acids is 1. The Morgan fingerprint density at radius 1 is 1.15 bits per heavy atom. The van der Waals surface area contributed by atoms with Crippen LogP contribution in [0, 0.1) is 0 Å². The SMILES string of the molecule is CNc1ccccc1C(=O)OCc1ccc(Cl)c(Cl)c1. The first kappa shape index (κ1) is 14.7. The molecule has 0 aliphatic carbocycles. The van der Waals surface area contributed by atoms with Gasteiger partial charge in [0.15, 0.2) is 0 Å². The van der Waals surface area contributed by atoms with Crippen LogP contribution >= 0.6 is 23.2 Å². The van der Waals surface area contributed by atoms with Crippen molar-refractivity contribution in [3.63, 3.8) is 0 Å². The summed E-state index contributed by atoms with van der Waals surface area (Å²) in [5.41, 5.74) is 2.01. The molecule has 0 aliphatic heterocycles. The van der Waals surface area contributed by atoms with E-state index in [1.54, 1.807) is 37.4 Å². The van der Waals surface area contributed by atoms with Crippen molar-refractivity contribution in [1.29, 1.82) is 0 Å². The fraction of sp³-hybridized carbons (Fsp3) is 0.133. The fourth-order valence-corrected chi connectivity index (χ4v) is 2.06. The third-order valence-electron chi connectivity index (χ3n) is 2.77. The molecule has 5 heteroatoms. The van der Waals surface area contributed by atoms with Crippen LogP contribution in [-0.4, -0.2) is 13.0 Å². The Morgan fingerprint density at radius 3 is 2.60 bits per heavy atom. The van der Waals surface area contributed by atoms with Crippen LogP contribution < -0.4 is 5.32 Å². The van der Waals surface area contributed by atoms with Crippen molar-refractivity contribution in [2.75, 3.05) is 12.4 Å². The molecule has 0 unspecified atom stereocenters. The average molecular weight is 310 g/mol. The van der Waals surface area contributed by atoms with Crippen molar-refractivity contribution < 1.29 is 9.53 Å². The van der Waals surface area contributed by atoms with E-state index < -0.39 is 0 Å². The van der Waals surface area contributed by atoms with Crippen molar-refractivity contribution in [2.45, 2.75) is 6.61 Å². The molecule has 20 heavy (non-hydrogen) atoms. The Morgan fingerprint density at radius 2 is 1.90 bits per heavy atom. The Kier molecular flexibility index (Phi) is 4.88. The molecule has 0 aromatic heterocycles. The molecule has 2 rings (SSSR count). The lowest BCUT2D eigenvalue weighted by Crippen LogP contribution is -2.08. The number of anilines is 1. The molecule has 1 N–H and O–H groups in total. The number of benzene rings is 2. The molecule has 0 saturated carbocycles. The van der Waals surface area contributed by atoms with Gasteiger partial charge in [-0.1, -0.05) is 41.4 Å². The molecule has 0 amide bonds. The number of halogens is 2. The van der Waals surface area contributed by atoms with Crippen LogP contribution in [0.25, 0.3) is 0 Å². The summed E-state index contributed by atoms with van der Waals surface area (Å²) in [7, 11) is 1.76. The van der Waals surface area contributed by atoms with Crippen LogP contribution in [-0.2, 0) is 11.3 Å². The molecule has 2 aromatic carbocycles. The smallest absolute Gasteiger partial charge is 0.340 e. The first-order valence-electron chi connectivity index (χ1n) is 5.99. The minimum Gasteiger partial charge on any atom is -0.457 e. The van der Waals surface area contributed by atoms with E-state index in [9.17, 15) is 4.79 Å². The second-order valence-corrected chi connectivity index (χ2v) is 4.93. The summed E-state index contributed by atoms with van der Waals surface area (Å²) in [5.74, 6) is -0.388. The van der Waals surface area contributed by atoms with Gasteiger partial charge in [0.2, 0.25) is 0 Å². The standard InChI is InChI=1S/C15H13Cl2NO2/c1-18-14-5-3-2-4-11(14)15(19)20-9-10-6-7-12(16)13(17)8-10/h2-8,18H,9H2,1H3. The molecule has 0 spiro atoms. The number of esters is 1. The van der Waals surface area contributed by atoms with E-state index in [4.69, 9.17) is 27.9 Å². The maximum absolute atomic E-state index is 12.0. The Bertz CT molecular complexity index is 629. The molecule has 0 bridgehead atoms. The van der Waals surface area contributed by atoms with Gasteiger partial charge in [-0.25, -0.2) is 4.79 Å². The summed E-state index contributed by atoms with van der Waals surface area (Å²) in [6.07, 6.45) is 0. The third kappa shape index (κ3) is 3.44. The summed E-state index contributed by atoms with van der Waals surface area (Å²) in [6, 6.07) is 12.3. The zero-order valence-corrected chi connectivity index (χ0v) is 12.3. The van der Waals surface area contributed by atoms with Gasteiger partial charge in [-0.2, -0.15) is 0 Å². The third-order valence-corrected chi connectivity index (χ3v) is 3.51. The van der Waals surface area contributed by atoms with Gasteiger partial charge in [0.05, 0.1) is 15.6 Å². The van der Waals surface area contributed by atoms with Crippen molar-refractivity contribution in [3.8, 4) is 0 Å². The zero-order chi connectivity index (χ0) is 14.5. The second kappa shape index (κ2) is 6.64. The topological polar surface area (TPSA) is 38.3 Å². The highest BCUT2D eigenvalue weighted by Gasteiger charge is 2.11. The molecule has 2 aromatic rings. The van der Waals surface area contributed by atoms with E-state index in [2.05, 4.69) is 5.32 Å². The van der Waals surface area contributed by atoms with Crippen LogP contribution in [0.15, 0.2) is 42.5 Å². The van der Waals surface area contributed by atoms with Gasteiger partial charge in [0.1, 0.15) is 6.61 Å². The summed E-state index contributed by atoms with van der Waals surface area (Å²) in [5, 5.41) is 3.87. The van der Waals surface area contributed by atoms with Crippen LogP contribution in [0.2, 0.25) is 10.0 Å². The first-order valence-corrected chi connectivity index (χ1v) is 6.75. The van der Waals surface area contributed by atoms with Crippen LogP contribution in [0.1, 0.15) is 15.9 Å². The van der Waals surface area contributed by atoms with Crippen molar-refractivity contribution in [1.82, 2.24) is 0 Å². The van der Waals surface area contributed by atoms with Gasteiger partial charge in [0.25, 0.3) is 0 Å². The molecule has 104 valence electrons. The molecule has 0 heterocycles. The minimum absolute atomic E-state index is 0.147. The maximum Gasteiger partial charge on any atom is 0.340 e. The van der Waals surface area contributed by atoms with E-state index in [-0.39, 0.29) is 12.6 Å². The number of carbonyl (C=O) groups is 1. The highest BCUT2D eigenvalue weighted by molar-refractivity contribution is 6.42. The predicted octanol–water partition coefficient (Wildman–Crippen LogP) is 4.39. The fourth-order valence-electron chi connectivity index (χ4n) is 1.74. The van der Waals surface area contributed by atoms with Gasteiger partial charge in [0, 0.05) is 12.7 Å². The molecule has 0 atom stereocenters. The van der Waals surface area contributed by atoms with Crippen LogP contribution in [0.4, 0.5) is 5.69 Å². The van der Waals surface area contributed by atoms with E-state index in [0.717, 1.165) is 11.3 Å². The summed E-state index contributed by atoms with van der Waals surface area (Å²) in [4.78, 5) is 12.0. The number of hydrogen-bond donors (Lipinski definition) is 1. The van der Waals surface area contributed by atoms with Gasteiger partial charge < -0.3 is 10.1 Å². The van der Waals surface area contributed by atoms with Crippen molar-refractivity contribution in [2.24, 2.45) is 0 Å². The molecule has 3 nitrogen and oxygen atoms in total. The maximum atomic E-state index is 12.0. The summed E-state index contributed by atoms with van der Waals surface area (Å²) < 4.78 is 5.27. The van der Waals surface area contributed by atoms with Gasteiger partial charge in [-0.3, -0.25) is 0 Å². The Labute approximate surface area is 127 Å². The van der Waals surface area contributed by atoms with E-state index in [1.807, 2.05) is 12.1 Å². The lowest BCUT2D eigenvalue weighted by Gasteiger charge is -2.09. The van der Waals surface area contributed by atoms with E-state index in [1.165, 1.54) is 0 Å². The Balaban J connectivity index is 2.06. The summed E-state index contributed by atoms with van der Waals surface area (Å²) >= 11 is 11.7. The predicted molar refractivity (Wildman–Crippen MR) is 81.6 cm³/mol. The zero-order valence-electron chi connectivity index (χ0n) is 10.8. The first-order chi connectivity index (χ1) is 9.61. The number of ether oxygens (including phenoxy) is 1. The molecular weight excluding hydrogens is 297 g/mol. The quantitative estimate of drug-likeness (QED) is 0.851. The van der Waals surface area contributed by atoms with Crippen LogP contribution in [0.5, 0.6) is 0 Å². The lowest BCUT2D eigenvalue weighted by atomic mass is 10.2. The molecule has 0 fully saturated rings. The van der Waals surface area contributed by atoms with Crippen molar-refractivity contribution in [3.05, 3.63) is 63.6 Å². The minimum atomic E-state index is -0.388.